The van der Waals surface area contributed by atoms with Crippen molar-refractivity contribution in [2.45, 2.75) is 24.9 Å². The molecule has 0 aliphatic carbocycles. The minimum Gasteiger partial charge on any atom is -0.346 e. The number of halogens is 4. The highest BCUT2D eigenvalue weighted by atomic mass is 79.9. The maximum absolute atomic E-state index is 11.7. The van der Waals surface area contributed by atoms with Gasteiger partial charge in [0.2, 0.25) is 5.91 Å². The molecule has 0 aliphatic heterocycles. The predicted octanol–water partition coefficient (Wildman–Crippen LogP) is 2.08. The van der Waals surface area contributed by atoms with Gasteiger partial charge in [-0.15, -0.1) is 0 Å². The van der Waals surface area contributed by atoms with Gasteiger partial charge in [0.05, 0.1) is 4.83 Å². The lowest BCUT2D eigenvalue weighted by atomic mass is 10.1. The molecule has 0 bridgehead atoms. The highest BCUT2D eigenvalue weighted by molar-refractivity contribution is 9.10. The van der Waals surface area contributed by atoms with Crippen molar-refractivity contribution in [1.82, 2.24) is 5.32 Å². The average molecular weight is 262 g/mol. The molecule has 2 nitrogen and oxygen atoms in total. The Morgan fingerprint density at radius 3 is 2.23 bits per heavy atom. The molecular weight excluding hydrogens is 251 g/mol. The van der Waals surface area contributed by atoms with Crippen LogP contribution in [0.25, 0.3) is 0 Å². The molecule has 13 heavy (non-hydrogen) atoms. The van der Waals surface area contributed by atoms with Crippen LogP contribution in [-0.2, 0) is 4.79 Å². The molecular formula is C7H11BrF3NO. The van der Waals surface area contributed by atoms with Gasteiger partial charge in [0.25, 0.3) is 0 Å². The summed E-state index contributed by atoms with van der Waals surface area (Å²) in [6, 6.07) is 0. The summed E-state index contributed by atoms with van der Waals surface area (Å²) in [5, 5.41) is 1.79. The lowest BCUT2D eigenvalue weighted by Gasteiger charge is -2.14. The second-order valence-electron chi connectivity index (χ2n) is 2.98. The van der Waals surface area contributed by atoms with Gasteiger partial charge in [-0.25, -0.2) is 0 Å². The Hall–Kier alpha value is -0.260. The third-order valence-corrected chi connectivity index (χ3v) is 2.77. The Bertz CT molecular complexity index is 181. The van der Waals surface area contributed by atoms with Crippen molar-refractivity contribution in [2.75, 3.05) is 6.54 Å². The fraction of sp³-hybridized carbons (Fsp3) is 0.857. The van der Waals surface area contributed by atoms with Crippen LogP contribution in [0.15, 0.2) is 0 Å². The first-order chi connectivity index (χ1) is 5.74. The monoisotopic (exact) mass is 261 g/mol. The van der Waals surface area contributed by atoms with Crippen molar-refractivity contribution in [3.63, 3.8) is 0 Å². The smallest absolute Gasteiger partial charge is 0.346 e. The van der Waals surface area contributed by atoms with Crippen LogP contribution >= 0.6 is 15.9 Å². The number of carbonyl (C=O) groups excluding carboxylic acids is 1. The van der Waals surface area contributed by atoms with E-state index in [1.807, 2.05) is 0 Å². The van der Waals surface area contributed by atoms with Gasteiger partial charge < -0.3 is 5.32 Å². The van der Waals surface area contributed by atoms with E-state index in [4.69, 9.17) is 0 Å². The predicted molar refractivity (Wildman–Crippen MR) is 46.6 cm³/mol. The second-order valence-corrected chi connectivity index (χ2v) is 3.97. The van der Waals surface area contributed by atoms with E-state index in [-0.39, 0.29) is 5.92 Å². The van der Waals surface area contributed by atoms with Crippen LogP contribution in [0.5, 0.6) is 0 Å². The highest BCUT2D eigenvalue weighted by Crippen LogP contribution is 2.15. The molecule has 0 saturated heterocycles. The number of rotatable bonds is 3. The van der Waals surface area contributed by atoms with Gasteiger partial charge in [-0.2, -0.15) is 13.2 Å². The molecule has 1 unspecified atom stereocenters. The van der Waals surface area contributed by atoms with E-state index >= 15 is 0 Å². The van der Waals surface area contributed by atoms with Crippen molar-refractivity contribution >= 4 is 21.8 Å². The van der Waals surface area contributed by atoms with Crippen molar-refractivity contribution in [2.24, 2.45) is 5.92 Å². The van der Waals surface area contributed by atoms with Crippen molar-refractivity contribution < 1.29 is 18.0 Å². The maximum Gasteiger partial charge on any atom is 0.405 e. The van der Waals surface area contributed by atoms with E-state index in [1.54, 1.807) is 19.2 Å². The Morgan fingerprint density at radius 2 is 1.92 bits per heavy atom. The van der Waals surface area contributed by atoms with Crippen molar-refractivity contribution in [3.05, 3.63) is 0 Å². The van der Waals surface area contributed by atoms with Crippen LogP contribution in [0.3, 0.4) is 0 Å². The van der Waals surface area contributed by atoms with Gasteiger partial charge in [-0.1, -0.05) is 29.8 Å². The lowest BCUT2D eigenvalue weighted by Crippen LogP contribution is -2.39. The third-order valence-electron chi connectivity index (χ3n) is 1.30. The number of carbonyl (C=O) groups is 1. The zero-order chi connectivity index (χ0) is 10.6. The lowest BCUT2D eigenvalue weighted by molar-refractivity contribution is -0.138. The minimum atomic E-state index is -4.35. The number of amides is 1. The second kappa shape index (κ2) is 4.83. The van der Waals surface area contributed by atoms with Crippen LogP contribution in [0.2, 0.25) is 0 Å². The topological polar surface area (TPSA) is 29.1 Å². The highest BCUT2D eigenvalue weighted by Gasteiger charge is 2.29. The van der Waals surface area contributed by atoms with E-state index < -0.39 is 23.5 Å². The summed E-state index contributed by atoms with van der Waals surface area (Å²) in [4.78, 5) is 10.4. The van der Waals surface area contributed by atoms with Crippen LogP contribution in [0.4, 0.5) is 13.2 Å². The molecule has 1 N–H and O–H groups in total. The summed E-state index contributed by atoms with van der Waals surface area (Å²) in [6.07, 6.45) is -4.35. The molecule has 78 valence electrons. The molecule has 1 atom stereocenters. The first kappa shape index (κ1) is 12.7. The number of alkyl halides is 4. The molecule has 0 rings (SSSR count). The number of hydrogen-bond acceptors (Lipinski definition) is 1. The summed E-state index contributed by atoms with van der Waals surface area (Å²) in [5.41, 5.74) is 0. The molecule has 0 aromatic heterocycles. The van der Waals surface area contributed by atoms with Gasteiger partial charge in [0.15, 0.2) is 0 Å². The van der Waals surface area contributed by atoms with E-state index in [2.05, 4.69) is 15.9 Å². The van der Waals surface area contributed by atoms with Gasteiger partial charge >= 0.3 is 6.18 Å². The fourth-order valence-electron chi connectivity index (χ4n) is 0.588. The van der Waals surface area contributed by atoms with Crippen molar-refractivity contribution in [1.29, 1.82) is 0 Å². The van der Waals surface area contributed by atoms with E-state index in [0.29, 0.717) is 0 Å². The Balaban J connectivity index is 3.89. The molecule has 0 fully saturated rings. The average Bonchev–Trinajstić information content (AvgIpc) is 1.97. The molecule has 0 aromatic rings. The molecule has 0 saturated carbocycles. The molecule has 0 aliphatic rings. The van der Waals surface area contributed by atoms with Gasteiger partial charge in [0, 0.05) is 0 Å². The molecule has 1 amide bonds. The normalized spacial score (nSPS) is 14.4. The largest absolute Gasteiger partial charge is 0.405 e. The summed E-state index contributed by atoms with van der Waals surface area (Å²) in [5.74, 6) is -0.666. The molecule has 0 spiro atoms. The van der Waals surface area contributed by atoms with Gasteiger partial charge in [-0.3, -0.25) is 4.79 Å². The van der Waals surface area contributed by atoms with Gasteiger partial charge in [0.1, 0.15) is 6.54 Å². The number of hydrogen-bond donors (Lipinski definition) is 1. The van der Waals surface area contributed by atoms with Gasteiger partial charge in [-0.05, 0) is 5.92 Å². The maximum atomic E-state index is 11.7. The first-order valence-electron chi connectivity index (χ1n) is 3.72. The standard InChI is InChI=1S/C7H11BrF3NO/c1-4(2)5(8)6(13)12-3-7(9,10)11/h4-5H,3H2,1-2H3,(H,12,13). The van der Waals surface area contributed by atoms with E-state index in [0.717, 1.165) is 0 Å². The van der Waals surface area contributed by atoms with Crippen LogP contribution in [-0.4, -0.2) is 23.5 Å². The fourth-order valence-corrected chi connectivity index (χ4v) is 0.749. The van der Waals surface area contributed by atoms with Crippen LogP contribution < -0.4 is 5.32 Å². The van der Waals surface area contributed by atoms with E-state index in [9.17, 15) is 18.0 Å². The third kappa shape index (κ3) is 5.90. The Kier molecular flexibility index (Phi) is 4.74. The molecule has 6 heteroatoms. The Morgan fingerprint density at radius 1 is 1.46 bits per heavy atom. The zero-order valence-corrected chi connectivity index (χ0v) is 8.87. The molecule has 0 aromatic carbocycles. The van der Waals surface area contributed by atoms with Crippen LogP contribution in [0, 0.1) is 5.92 Å². The summed E-state index contributed by atoms with van der Waals surface area (Å²) >= 11 is 3.00. The summed E-state index contributed by atoms with van der Waals surface area (Å²) in [7, 11) is 0. The Labute approximate surface area is 83.0 Å². The molecule has 0 radical (unpaired) electrons. The summed E-state index contributed by atoms with van der Waals surface area (Å²) in [6.45, 7) is 2.21. The first-order valence-corrected chi connectivity index (χ1v) is 4.64. The number of nitrogens with one attached hydrogen (secondary N) is 1. The quantitative estimate of drug-likeness (QED) is 0.775. The van der Waals surface area contributed by atoms with Crippen LogP contribution in [0.1, 0.15) is 13.8 Å². The minimum absolute atomic E-state index is 0.0340. The summed E-state index contributed by atoms with van der Waals surface area (Å²) < 4.78 is 35.0. The zero-order valence-electron chi connectivity index (χ0n) is 7.28. The SMILES string of the molecule is CC(C)C(Br)C(=O)NCC(F)(F)F. The molecule has 0 heterocycles. The van der Waals surface area contributed by atoms with E-state index in [1.165, 1.54) is 0 Å². The van der Waals surface area contributed by atoms with Crippen molar-refractivity contribution in [3.8, 4) is 0 Å².